The smallest absolute Gasteiger partial charge is 0.407 e. The molecule has 0 saturated carbocycles. The molecule has 0 aromatic heterocycles. The molecule has 0 aliphatic rings. The highest BCUT2D eigenvalue weighted by Gasteiger charge is 2.22. The van der Waals surface area contributed by atoms with Crippen molar-refractivity contribution in [3.05, 3.63) is 125 Å². The molecule has 0 aliphatic heterocycles. The number of hydrogen-bond acceptors (Lipinski definition) is 6. The van der Waals surface area contributed by atoms with E-state index in [1.165, 1.54) is 11.0 Å². The summed E-state index contributed by atoms with van der Waals surface area (Å²) >= 11 is 0. The average molecular weight is 617 g/mol. The first-order valence-electron chi connectivity index (χ1n) is 14.2. The van der Waals surface area contributed by atoms with Gasteiger partial charge in [0.2, 0.25) is 10.0 Å². The number of rotatable bonds is 13. The second kappa shape index (κ2) is 14.7. The summed E-state index contributed by atoms with van der Waals surface area (Å²) in [5.74, 6) is -0.857. The van der Waals surface area contributed by atoms with E-state index in [0.717, 1.165) is 16.7 Å². The van der Waals surface area contributed by atoms with Gasteiger partial charge in [-0.05, 0) is 60.2 Å². The summed E-state index contributed by atoms with van der Waals surface area (Å²) in [5.41, 5.74) is 3.82. The van der Waals surface area contributed by atoms with E-state index < -0.39 is 28.1 Å². The minimum atomic E-state index is -3.94. The molecule has 0 bridgehead atoms. The van der Waals surface area contributed by atoms with Gasteiger partial charge in [-0.15, -0.1) is 0 Å². The van der Waals surface area contributed by atoms with Crippen LogP contribution in [0.1, 0.15) is 47.0 Å². The SMILES string of the molecule is CC(C)Oc1cc(-c2ccc(CCN(C[C@@H](O)c3ccccc3)C(=O)O)cc2)ccc1C(=O)NS(=O)(=O)Cc1ccccc1. The molecule has 0 heterocycles. The molecule has 230 valence electrons. The number of aliphatic hydroxyl groups is 1. The summed E-state index contributed by atoms with van der Waals surface area (Å²) < 4.78 is 33.4. The molecule has 4 aromatic rings. The lowest BCUT2D eigenvalue weighted by molar-refractivity contribution is 0.0970. The summed E-state index contributed by atoms with van der Waals surface area (Å²) in [6, 6.07) is 30.1. The van der Waals surface area contributed by atoms with Gasteiger partial charge in [0.25, 0.3) is 5.91 Å². The van der Waals surface area contributed by atoms with Crippen LogP contribution in [0, 0.1) is 0 Å². The molecule has 0 radical (unpaired) electrons. The van der Waals surface area contributed by atoms with Gasteiger partial charge in [-0.3, -0.25) is 4.79 Å². The Balaban J connectivity index is 1.44. The first-order chi connectivity index (χ1) is 21.0. The monoisotopic (exact) mass is 616 g/mol. The zero-order chi connectivity index (χ0) is 31.7. The van der Waals surface area contributed by atoms with E-state index in [4.69, 9.17) is 4.74 Å². The molecular formula is C34H36N2O7S. The molecule has 3 N–H and O–H groups in total. The van der Waals surface area contributed by atoms with E-state index in [1.54, 1.807) is 66.7 Å². The third-order valence-electron chi connectivity index (χ3n) is 6.84. The van der Waals surface area contributed by atoms with Crippen molar-refractivity contribution in [2.45, 2.75) is 38.2 Å². The van der Waals surface area contributed by atoms with Crippen LogP contribution in [0.5, 0.6) is 5.75 Å². The topological polar surface area (TPSA) is 133 Å². The largest absolute Gasteiger partial charge is 0.490 e. The predicted octanol–water partition coefficient (Wildman–Crippen LogP) is 5.66. The Hall–Kier alpha value is -4.67. The third kappa shape index (κ3) is 9.16. The van der Waals surface area contributed by atoms with Crippen LogP contribution in [0.4, 0.5) is 4.79 Å². The quantitative estimate of drug-likeness (QED) is 0.177. The van der Waals surface area contributed by atoms with Crippen LogP contribution >= 0.6 is 0 Å². The lowest BCUT2D eigenvalue weighted by atomic mass is 10.0. The molecule has 9 nitrogen and oxygen atoms in total. The van der Waals surface area contributed by atoms with E-state index in [2.05, 4.69) is 4.72 Å². The van der Waals surface area contributed by atoms with Gasteiger partial charge in [0.1, 0.15) is 5.75 Å². The Bertz CT molecular complexity index is 1660. The maximum Gasteiger partial charge on any atom is 0.407 e. The summed E-state index contributed by atoms with van der Waals surface area (Å²) in [7, 11) is -3.94. The van der Waals surface area contributed by atoms with Gasteiger partial charge < -0.3 is 19.8 Å². The van der Waals surface area contributed by atoms with Crippen LogP contribution < -0.4 is 9.46 Å². The van der Waals surface area contributed by atoms with Crippen LogP contribution in [-0.2, 0) is 22.2 Å². The van der Waals surface area contributed by atoms with Crippen molar-refractivity contribution >= 4 is 22.0 Å². The standard InChI is InChI=1S/C34H36N2O7S/c1-24(2)43-32-21-29(17-18-30(32)33(38)35-44(41,42)23-26-9-5-3-6-10-26)27-15-13-25(14-16-27)19-20-36(34(39)40)22-31(37)28-11-7-4-8-12-28/h3-18,21,24,31,37H,19-20,22-23H2,1-2H3,(H,35,38)(H,39,40)/t31-/m1/s1. The number of carbonyl (C=O) groups is 2. The van der Waals surface area contributed by atoms with Gasteiger partial charge in [-0.2, -0.15) is 0 Å². The minimum Gasteiger partial charge on any atom is -0.490 e. The first-order valence-corrected chi connectivity index (χ1v) is 15.9. The number of amides is 2. The van der Waals surface area contributed by atoms with Crippen LogP contribution in [0.15, 0.2) is 103 Å². The van der Waals surface area contributed by atoms with E-state index in [9.17, 15) is 28.2 Å². The molecule has 2 amide bonds. The van der Waals surface area contributed by atoms with Crippen LogP contribution in [0.2, 0.25) is 0 Å². The van der Waals surface area contributed by atoms with Crippen molar-refractivity contribution in [2.75, 3.05) is 13.1 Å². The van der Waals surface area contributed by atoms with Crippen molar-refractivity contribution in [3.63, 3.8) is 0 Å². The van der Waals surface area contributed by atoms with E-state index in [0.29, 0.717) is 17.5 Å². The number of benzene rings is 4. The highest BCUT2D eigenvalue weighted by molar-refractivity contribution is 7.89. The van der Waals surface area contributed by atoms with Crippen LogP contribution in [-0.4, -0.2) is 54.7 Å². The Morgan fingerprint density at radius 1 is 0.841 bits per heavy atom. The molecule has 4 aromatic carbocycles. The number of nitrogens with one attached hydrogen (secondary N) is 1. The molecule has 44 heavy (non-hydrogen) atoms. The molecule has 0 spiro atoms. The minimum absolute atomic E-state index is 0.0382. The number of aliphatic hydroxyl groups excluding tert-OH is 1. The number of ether oxygens (including phenoxy) is 1. The maximum absolute atomic E-state index is 13.0. The number of sulfonamides is 1. The molecule has 0 saturated heterocycles. The van der Waals surface area contributed by atoms with Gasteiger partial charge in [-0.25, -0.2) is 17.9 Å². The number of nitrogens with zero attached hydrogens (tertiary/aromatic N) is 1. The summed E-state index contributed by atoms with van der Waals surface area (Å²) in [5, 5.41) is 20.1. The van der Waals surface area contributed by atoms with Crippen LogP contribution in [0.3, 0.4) is 0 Å². The van der Waals surface area contributed by atoms with Crippen molar-refractivity contribution < 1.29 is 33.0 Å². The van der Waals surface area contributed by atoms with E-state index in [1.807, 2.05) is 44.2 Å². The van der Waals surface area contributed by atoms with E-state index >= 15 is 0 Å². The normalized spacial score (nSPS) is 12.0. The molecule has 4 rings (SSSR count). The number of hydrogen-bond donors (Lipinski definition) is 3. The second-order valence-electron chi connectivity index (χ2n) is 10.7. The summed E-state index contributed by atoms with van der Waals surface area (Å²) in [6.07, 6.45) is -1.85. The van der Waals surface area contributed by atoms with Crippen LogP contribution in [0.25, 0.3) is 11.1 Å². The van der Waals surface area contributed by atoms with Crippen molar-refractivity contribution in [1.82, 2.24) is 9.62 Å². The predicted molar refractivity (Wildman–Crippen MR) is 169 cm³/mol. The lowest BCUT2D eigenvalue weighted by Crippen LogP contribution is -2.35. The molecule has 1 atom stereocenters. The number of carboxylic acid groups (broad SMARTS) is 1. The summed E-state index contributed by atoms with van der Waals surface area (Å²) in [4.78, 5) is 26.0. The fraction of sp³-hybridized carbons (Fsp3) is 0.235. The molecular weight excluding hydrogens is 580 g/mol. The summed E-state index contributed by atoms with van der Waals surface area (Å²) in [6.45, 7) is 3.80. The third-order valence-corrected chi connectivity index (χ3v) is 8.05. The zero-order valence-electron chi connectivity index (χ0n) is 24.6. The van der Waals surface area contributed by atoms with Crippen molar-refractivity contribution in [3.8, 4) is 16.9 Å². The Labute approximate surface area is 257 Å². The zero-order valence-corrected chi connectivity index (χ0v) is 25.4. The van der Waals surface area contributed by atoms with Crippen molar-refractivity contribution in [2.24, 2.45) is 0 Å². The van der Waals surface area contributed by atoms with Gasteiger partial charge >= 0.3 is 6.09 Å². The van der Waals surface area contributed by atoms with Gasteiger partial charge in [0.15, 0.2) is 0 Å². The molecule has 0 fully saturated rings. The lowest BCUT2D eigenvalue weighted by Gasteiger charge is -2.22. The number of carbonyl (C=O) groups excluding carboxylic acids is 1. The Kier molecular flexibility index (Phi) is 10.8. The average Bonchev–Trinajstić information content (AvgIpc) is 2.99. The Morgan fingerprint density at radius 3 is 2.07 bits per heavy atom. The van der Waals surface area contributed by atoms with E-state index in [-0.39, 0.29) is 36.3 Å². The second-order valence-corrected chi connectivity index (χ2v) is 12.4. The highest BCUT2D eigenvalue weighted by Crippen LogP contribution is 2.29. The van der Waals surface area contributed by atoms with Crippen molar-refractivity contribution in [1.29, 1.82) is 0 Å². The fourth-order valence-electron chi connectivity index (χ4n) is 4.65. The molecule has 0 unspecified atom stereocenters. The Morgan fingerprint density at radius 2 is 1.45 bits per heavy atom. The van der Waals surface area contributed by atoms with Gasteiger partial charge in [-0.1, -0.05) is 91.0 Å². The molecule has 0 aliphatic carbocycles. The molecule has 10 heteroatoms. The highest BCUT2D eigenvalue weighted by atomic mass is 32.2. The first kappa shape index (κ1) is 32.2. The van der Waals surface area contributed by atoms with Gasteiger partial charge in [0.05, 0.1) is 30.1 Å². The van der Waals surface area contributed by atoms with Gasteiger partial charge in [0, 0.05) is 6.54 Å². The fourth-order valence-corrected chi connectivity index (χ4v) is 5.75. The maximum atomic E-state index is 13.0.